The number of carbonyl (C=O) groups is 2. The maximum atomic E-state index is 14.6. The molecule has 2 aliphatic rings. The molecule has 1 unspecified atom stereocenters. The number of halogens is 4. The van der Waals surface area contributed by atoms with Gasteiger partial charge in [0.1, 0.15) is 5.82 Å². The van der Waals surface area contributed by atoms with Gasteiger partial charge in [0.15, 0.2) is 5.54 Å². The maximum absolute atomic E-state index is 14.6. The molecule has 43 heavy (non-hydrogen) atoms. The van der Waals surface area contributed by atoms with E-state index < -0.39 is 17.3 Å². The Morgan fingerprint density at radius 2 is 1.65 bits per heavy atom. The summed E-state index contributed by atoms with van der Waals surface area (Å²) in [5, 5.41) is 4.72. The first-order valence-corrected chi connectivity index (χ1v) is 16.7. The number of likely N-dealkylation sites (tertiary alicyclic amines) is 1. The molecule has 236 valence electrons. The Hall–Kier alpha value is -1.90. The molecule has 2 amide bonds. The predicted molar refractivity (Wildman–Crippen MR) is 174 cm³/mol. The van der Waals surface area contributed by atoms with Crippen LogP contribution < -0.4 is 5.32 Å². The standard InChI is InChI=1S/C33H45Cl3FN4O2/c1-4-40(5-2)32(43)33(14-16-38-17-15-33)41(18-7-6-8-19-41)20-13-25(24-9-11-28(35)29(36)21-24)23-39(3)31(42)27-22-26(34)10-12-30(27)37/h9-12,21-22,25,38H,4-8,13-20,23H2,1-3H3/q+1. The first-order chi connectivity index (χ1) is 20.6. The third-order valence-corrected chi connectivity index (χ3v) is 10.8. The average molecular weight is 655 g/mol. The van der Waals surface area contributed by atoms with Crippen molar-refractivity contribution in [1.82, 2.24) is 15.1 Å². The molecule has 2 aromatic rings. The molecule has 0 bridgehead atoms. The number of carbonyl (C=O) groups excluding carboxylic acids is 2. The molecule has 0 aromatic heterocycles. The number of quaternary nitrogens is 1. The van der Waals surface area contributed by atoms with Crippen molar-refractivity contribution in [1.29, 1.82) is 0 Å². The molecule has 2 aliphatic heterocycles. The Labute approximate surface area is 271 Å². The van der Waals surface area contributed by atoms with Gasteiger partial charge in [-0.1, -0.05) is 40.9 Å². The second-order valence-electron chi connectivity index (χ2n) is 12.1. The number of rotatable bonds is 11. The number of amides is 2. The Balaban J connectivity index is 1.69. The van der Waals surface area contributed by atoms with Crippen molar-refractivity contribution in [3.8, 4) is 0 Å². The molecular weight excluding hydrogens is 610 g/mol. The highest BCUT2D eigenvalue weighted by Crippen LogP contribution is 2.41. The highest BCUT2D eigenvalue weighted by molar-refractivity contribution is 6.42. The average Bonchev–Trinajstić information content (AvgIpc) is 3.02. The fourth-order valence-electron chi connectivity index (χ4n) is 7.33. The van der Waals surface area contributed by atoms with Crippen LogP contribution in [-0.4, -0.2) is 91.0 Å². The minimum atomic E-state index is -0.604. The van der Waals surface area contributed by atoms with Gasteiger partial charge in [-0.3, -0.25) is 9.59 Å². The third kappa shape index (κ3) is 7.33. The summed E-state index contributed by atoms with van der Waals surface area (Å²) in [4.78, 5) is 31.4. The molecular formula is C33H45Cl3FN4O2+. The van der Waals surface area contributed by atoms with Crippen LogP contribution in [0.3, 0.4) is 0 Å². The molecule has 6 nitrogen and oxygen atoms in total. The van der Waals surface area contributed by atoms with E-state index in [2.05, 4.69) is 19.2 Å². The van der Waals surface area contributed by atoms with Gasteiger partial charge in [-0.15, -0.1) is 0 Å². The van der Waals surface area contributed by atoms with Crippen LogP contribution in [0, 0.1) is 5.82 Å². The van der Waals surface area contributed by atoms with E-state index in [1.807, 2.05) is 17.0 Å². The first kappa shape index (κ1) is 34.0. The highest BCUT2D eigenvalue weighted by Gasteiger charge is 2.58. The summed E-state index contributed by atoms with van der Waals surface area (Å²) in [6.45, 7) is 10.2. The number of hydrogen-bond donors (Lipinski definition) is 1. The largest absolute Gasteiger partial charge is 0.341 e. The lowest BCUT2D eigenvalue weighted by atomic mass is 9.79. The van der Waals surface area contributed by atoms with Crippen LogP contribution in [0.5, 0.6) is 0 Å². The number of piperidine rings is 2. The monoisotopic (exact) mass is 653 g/mol. The predicted octanol–water partition coefficient (Wildman–Crippen LogP) is 7.02. The van der Waals surface area contributed by atoms with Gasteiger partial charge < -0.3 is 19.6 Å². The van der Waals surface area contributed by atoms with Crippen molar-refractivity contribution in [2.24, 2.45) is 0 Å². The van der Waals surface area contributed by atoms with E-state index in [1.165, 1.54) is 24.6 Å². The van der Waals surface area contributed by atoms with Crippen molar-refractivity contribution >= 4 is 46.6 Å². The van der Waals surface area contributed by atoms with E-state index in [-0.39, 0.29) is 17.4 Å². The zero-order valence-corrected chi connectivity index (χ0v) is 27.9. The summed E-state index contributed by atoms with van der Waals surface area (Å²) < 4.78 is 15.4. The number of nitrogens with one attached hydrogen (secondary N) is 1. The quantitative estimate of drug-likeness (QED) is 0.265. The fraction of sp³-hybridized carbons (Fsp3) is 0.576. The minimum Gasteiger partial charge on any atom is -0.341 e. The summed E-state index contributed by atoms with van der Waals surface area (Å²) in [7, 11) is 1.69. The van der Waals surface area contributed by atoms with Gasteiger partial charge in [0, 0.05) is 70.0 Å². The van der Waals surface area contributed by atoms with Crippen LogP contribution in [0.2, 0.25) is 15.1 Å². The Morgan fingerprint density at radius 1 is 0.977 bits per heavy atom. The number of benzene rings is 2. The summed E-state index contributed by atoms with van der Waals surface area (Å²) in [6.07, 6.45) is 5.70. The molecule has 2 fully saturated rings. The van der Waals surface area contributed by atoms with E-state index in [0.717, 1.165) is 74.9 Å². The zero-order valence-electron chi connectivity index (χ0n) is 25.6. The second-order valence-corrected chi connectivity index (χ2v) is 13.4. The van der Waals surface area contributed by atoms with Crippen LogP contribution in [0.25, 0.3) is 0 Å². The molecule has 0 spiro atoms. The van der Waals surface area contributed by atoms with E-state index in [1.54, 1.807) is 18.0 Å². The molecule has 2 heterocycles. The Kier molecular flexibility index (Phi) is 11.8. The van der Waals surface area contributed by atoms with Gasteiger partial charge in [-0.25, -0.2) is 4.39 Å². The van der Waals surface area contributed by atoms with Crippen LogP contribution in [0.1, 0.15) is 74.2 Å². The molecule has 2 aromatic carbocycles. The molecule has 1 N–H and O–H groups in total. The van der Waals surface area contributed by atoms with Crippen molar-refractivity contribution < 1.29 is 18.5 Å². The molecule has 0 radical (unpaired) electrons. The SMILES string of the molecule is CCN(CC)C(=O)C1([N+]2(CCC(CN(C)C(=O)c3cc(Cl)ccc3F)c3ccc(Cl)c(Cl)c3)CCCCC2)CCNCC1. The van der Waals surface area contributed by atoms with E-state index >= 15 is 0 Å². The minimum absolute atomic E-state index is 0.0547. The lowest BCUT2D eigenvalue weighted by molar-refractivity contribution is -0.972. The van der Waals surface area contributed by atoms with Gasteiger partial charge in [0.05, 0.1) is 35.2 Å². The maximum Gasteiger partial charge on any atom is 0.284 e. The van der Waals surface area contributed by atoms with Crippen molar-refractivity contribution in [3.63, 3.8) is 0 Å². The summed E-state index contributed by atoms with van der Waals surface area (Å²) in [6, 6.07) is 9.64. The molecule has 10 heteroatoms. The van der Waals surface area contributed by atoms with Crippen LogP contribution in [-0.2, 0) is 4.79 Å². The summed E-state index contributed by atoms with van der Waals surface area (Å²) in [5.74, 6) is -0.868. The van der Waals surface area contributed by atoms with Crippen LogP contribution in [0.4, 0.5) is 4.39 Å². The van der Waals surface area contributed by atoms with E-state index in [4.69, 9.17) is 34.8 Å². The first-order valence-electron chi connectivity index (χ1n) is 15.6. The van der Waals surface area contributed by atoms with Crippen LogP contribution >= 0.6 is 34.8 Å². The second kappa shape index (κ2) is 14.9. The fourth-order valence-corrected chi connectivity index (χ4v) is 7.81. The third-order valence-electron chi connectivity index (χ3n) is 9.78. The summed E-state index contributed by atoms with van der Waals surface area (Å²) >= 11 is 18.9. The molecule has 1 atom stereocenters. The van der Waals surface area contributed by atoms with Gasteiger partial charge in [-0.2, -0.15) is 0 Å². The number of nitrogens with zero attached hydrogens (tertiary/aromatic N) is 3. The lowest BCUT2D eigenvalue weighted by Crippen LogP contribution is -2.74. The van der Waals surface area contributed by atoms with Crippen LogP contribution in [0.15, 0.2) is 36.4 Å². The highest BCUT2D eigenvalue weighted by atomic mass is 35.5. The molecule has 0 aliphatic carbocycles. The molecule has 4 rings (SSSR count). The van der Waals surface area contributed by atoms with Gasteiger partial charge in [0.25, 0.3) is 11.8 Å². The van der Waals surface area contributed by atoms with Gasteiger partial charge in [-0.05, 0) is 69.0 Å². The lowest BCUT2D eigenvalue weighted by Gasteiger charge is -2.57. The Bertz CT molecular complexity index is 1280. The molecule has 2 saturated heterocycles. The summed E-state index contributed by atoms with van der Waals surface area (Å²) in [5.41, 5.74) is 0.428. The number of likely N-dealkylation sites (N-methyl/N-ethyl adjacent to an activating group) is 2. The van der Waals surface area contributed by atoms with Crippen molar-refractivity contribution in [2.45, 2.75) is 63.8 Å². The Morgan fingerprint density at radius 3 is 2.28 bits per heavy atom. The van der Waals surface area contributed by atoms with Gasteiger partial charge >= 0.3 is 0 Å². The zero-order chi connectivity index (χ0) is 31.2. The smallest absolute Gasteiger partial charge is 0.284 e. The molecule has 0 saturated carbocycles. The van der Waals surface area contributed by atoms with Gasteiger partial charge in [0.2, 0.25) is 0 Å². The van der Waals surface area contributed by atoms with Crippen molar-refractivity contribution in [3.05, 3.63) is 68.4 Å². The van der Waals surface area contributed by atoms with E-state index in [9.17, 15) is 14.0 Å². The normalized spacial score (nSPS) is 18.6. The topological polar surface area (TPSA) is 52.7 Å². The number of hydrogen-bond acceptors (Lipinski definition) is 3. The van der Waals surface area contributed by atoms with Crippen molar-refractivity contribution in [2.75, 3.05) is 59.4 Å². The van der Waals surface area contributed by atoms with E-state index in [0.29, 0.717) is 34.7 Å².